The molecule has 21 heavy (non-hydrogen) atoms. The Morgan fingerprint density at radius 1 is 1.29 bits per heavy atom. The summed E-state index contributed by atoms with van der Waals surface area (Å²) in [6, 6.07) is 1.11. The molecular weight excluding hydrogens is 260 g/mol. The number of fused-ring (bicyclic) bond motifs is 1. The van der Waals surface area contributed by atoms with Crippen molar-refractivity contribution in [2.45, 2.75) is 70.5 Å². The Hall–Kier alpha value is -0.870. The Kier molecular flexibility index (Phi) is 4.96. The standard InChI is InChI=1S/C17H30N4/c1-2-9-20-13-19-12-17(20)16(11-18)21-10-5-7-14-6-3-4-8-15(14)21/h12-16H,2-11,18H2,1H3. The second-order valence-electron chi connectivity index (χ2n) is 6.76. The summed E-state index contributed by atoms with van der Waals surface area (Å²) in [4.78, 5) is 7.11. The monoisotopic (exact) mass is 290 g/mol. The summed E-state index contributed by atoms with van der Waals surface area (Å²) in [5.41, 5.74) is 7.52. The molecule has 3 unspecified atom stereocenters. The first kappa shape index (κ1) is 15.0. The molecule has 4 heteroatoms. The van der Waals surface area contributed by atoms with Gasteiger partial charge in [0, 0.05) is 25.3 Å². The summed E-state index contributed by atoms with van der Waals surface area (Å²) in [5.74, 6) is 0.907. The molecule has 1 saturated heterocycles. The lowest BCUT2D eigenvalue weighted by atomic mass is 9.77. The van der Waals surface area contributed by atoms with Gasteiger partial charge in [0.15, 0.2) is 0 Å². The summed E-state index contributed by atoms with van der Waals surface area (Å²) < 4.78 is 2.31. The van der Waals surface area contributed by atoms with E-state index in [1.807, 2.05) is 12.5 Å². The molecule has 0 amide bonds. The fraction of sp³-hybridized carbons (Fsp3) is 0.824. The Labute approximate surface area is 128 Å². The number of aromatic nitrogens is 2. The van der Waals surface area contributed by atoms with E-state index in [2.05, 4.69) is 21.4 Å². The van der Waals surface area contributed by atoms with Crippen molar-refractivity contribution in [3.63, 3.8) is 0 Å². The highest BCUT2D eigenvalue weighted by Crippen LogP contribution is 2.39. The van der Waals surface area contributed by atoms with Crippen molar-refractivity contribution in [1.82, 2.24) is 14.5 Å². The number of nitrogens with zero attached hydrogens (tertiary/aromatic N) is 3. The molecular formula is C17H30N4. The molecule has 1 saturated carbocycles. The summed E-state index contributed by atoms with van der Waals surface area (Å²) in [6.45, 7) is 5.19. The van der Waals surface area contributed by atoms with Crippen LogP contribution in [0.2, 0.25) is 0 Å². The largest absolute Gasteiger partial charge is 0.333 e. The van der Waals surface area contributed by atoms with Gasteiger partial charge in [-0.3, -0.25) is 4.90 Å². The maximum absolute atomic E-state index is 6.20. The number of hydrogen-bond acceptors (Lipinski definition) is 3. The Balaban J connectivity index is 1.82. The Bertz CT molecular complexity index is 440. The SMILES string of the molecule is CCCn1cncc1C(CN)N1CCCC2CCCCC21. The van der Waals surface area contributed by atoms with Gasteiger partial charge >= 0.3 is 0 Å². The van der Waals surface area contributed by atoms with E-state index in [1.165, 1.54) is 50.8 Å². The fourth-order valence-electron chi connectivity index (χ4n) is 4.51. The minimum Gasteiger partial charge on any atom is -0.333 e. The molecule has 0 bridgehead atoms. The third kappa shape index (κ3) is 3.02. The van der Waals surface area contributed by atoms with Crippen molar-refractivity contribution in [2.24, 2.45) is 11.7 Å². The van der Waals surface area contributed by atoms with Crippen molar-refractivity contribution in [1.29, 1.82) is 0 Å². The highest BCUT2D eigenvalue weighted by Gasteiger charge is 2.37. The fourth-order valence-corrected chi connectivity index (χ4v) is 4.51. The van der Waals surface area contributed by atoms with Crippen LogP contribution in [0.3, 0.4) is 0 Å². The van der Waals surface area contributed by atoms with E-state index in [4.69, 9.17) is 5.73 Å². The van der Waals surface area contributed by atoms with Gasteiger partial charge in [-0.25, -0.2) is 4.98 Å². The van der Waals surface area contributed by atoms with E-state index >= 15 is 0 Å². The third-order valence-corrected chi connectivity index (χ3v) is 5.46. The van der Waals surface area contributed by atoms with Gasteiger partial charge < -0.3 is 10.3 Å². The van der Waals surface area contributed by atoms with Gasteiger partial charge in [0.25, 0.3) is 0 Å². The zero-order valence-corrected chi connectivity index (χ0v) is 13.4. The van der Waals surface area contributed by atoms with Gasteiger partial charge in [-0.2, -0.15) is 0 Å². The van der Waals surface area contributed by atoms with Gasteiger partial charge in [0.2, 0.25) is 0 Å². The zero-order chi connectivity index (χ0) is 14.7. The summed E-state index contributed by atoms with van der Waals surface area (Å²) in [6.07, 6.45) is 13.5. The molecule has 4 nitrogen and oxygen atoms in total. The number of likely N-dealkylation sites (tertiary alicyclic amines) is 1. The number of rotatable bonds is 5. The molecule has 2 N–H and O–H groups in total. The number of aryl methyl sites for hydroxylation is 1. The highest BCUT2D eigenvalue weighted by atomic mass is 15.2. The molecule has 1 aromatic heterocycles. The average molecular weight is 290 g/mol. The molecule has 1 aromatic rings. The van der Waals surface area contributed by atoms with Crippen molar-refractivity contribution in [3.05, 3.63) is 18.2 Å². The summed E-state index contributed by atoms with van der Waals surface area (Å²) in [5, 5.41) is 0. The van der Waals surface area contributed by atoms with Crippen LogP contribution in [0, 0.1) is 5.92 Å². The number of nitrogens with two attached hydrogens (primary N) is 1. The van der Waals surface area contributed by atoms with Crippen LogP contribution in [0.5, 0.6) is 0 Å². The van der Waals surface area contributed by atoms with Gasteiger partial charge in [-0.05, 0) is 44.6 Å². The van der Waals surface area contributed by atoms with Crippen LogP contribution in [0.25, 0.3) is 0 Å². The molecule has 1 aliphatic heterocycles. The maximum Gasteiger partial charge on any atom is 0.0948 e. The molecule has 2 heterocycles. The normalized spacial score (nSPS) is 28.3. The second kappa shape index (κ2) is 6.93. The van der Waals surface area contributed by atoms with Gasteiger partial charge in [-0.1, -0.05) is 19.8 Å². The van der Waals surface area contributed by atoms with Gasteiger partial charge in [-0.15, -0.1) is 0 Å². The van der Waals surface area contributed by atoms with Crippen molar-refractivity contribution >= 4 is 0 Å². The van der Waals surface area contributed by atoms with E-state index < -0.39 is 0 Å². The molecule has 1 aliphatic carbocycles. The maximum atomic E-state index is 6.20. The number of piperidine rings is 1. The van der Waals surface area contributed by atoms with E-state index in [0.717, 1.165) is 24.9 Å². The first-order valence-corrected chi connectivity index (χ1v) is 8.81. The van der Waals surface area contributed by atoms with Gasteiger partial charge in [0.05, 0.1) is 18.1 Å². The Morgan fingerprint density at radius 2 is 2.10 bits per heavy atom. The lowest BCUT2D eigenvalue weighted by Gasteiger charge is -2.47. The van der Waals surface area contributed by atoms with Crippen molar-refractivity contribution < 1.29 is 0 Å². The molecule has 3 atom stereocenters. The topological polar surface area (TPSA) is 47.1 Å². The van der Waals surface area contributed by atoms with Crippen LogP contribution in [0.15, 0.2) is 12.5 Å². The molecule has 0 radical (unpaired) electrons. The second-order valence-corrected chi connectivity index (χ2v) is 6.76. The van der Waals surface area contributed by atoms with E-state index in [1.54, 1.807) is 0 Å². The molecule has 118 valence electrons. The van der Waals surface area contributed by atoms with Crippen molar-refractivity contribution in [3.8, 4) is 0 Å². The summed E-state index contributed by atoms with van der Waals surface area (Å²) >= 11 is 0. The quantitative estimate of drug-likeness (QED) is 0.907. The minimum atomic E-state index is 0.352. The van der Waals surface area contributed by atoms with Crippen LogP contribution in [0.1, 0.15) is 63.6 Å². The number of hydrogen-bond donors (Lipinski definition) is 1. The molecule has 2 aliphatic rings. The molecule has 0 aromatic carbocycles. The van der Waals surface area contributed by atoms with Crippen molar-refractivity contribution in [2.75, 3.05) is 13.1 Å². The van der Waals surface area contributed by atoms with Gasteiger partial charge in [0.1, 0.15) is 0 Å². The first-order chi connectivity index (χ1) is 10.3. The molecule has 2 fully saturated rings. The van der Waals surface area contributed by atoms with Crippen LogP contribution in [-0.2, 0) is 6.54 Å². The van der Waals surface area contributed by atoms with Crippen LogP contribution in [0.4, 0.5) is 0 Å². The van der Waals surface area contributed by atoms with E-state index in [0.29, 0.717) is 12.6 Å². The first-order valence-electron chi connectivity index (χ1n) is 8.81. The molecule has 3 rings (SSSR count). The number of imidazole rings is 1. The predicted octanol–water partition coefficient (Wildman–Crippen LogP) is 2.95. The van der Waals surface area contributed by atoms with E-state index in [9.17, 15) is 0 Å². The zero-order valence-electron chi connectivity index (χ0n) is 13.4. The molecule has 0 spiro atoms. The van der Waals surface area contributed by atoms with Crippen LogP contribution >= 0.6 is 0 Å². The lowest BCUT2D eigenvalue weighted by molar-refractivity contribution is 0.0251. The smallest absolute Gasteiger partial charge is 0.0948 e. The minimum absolute atomic E-state index is 0.352. The van der Waals surface area contributed by atoms with Crippen LogP contribution < -0.4 is 5.73 Å². The third-order valence-electron chi connectivity index (χ3n) is 5.46. The van der Waals surface area contributed by atoms with E-state index in [-0.39, 0.29) is 0 Å². The predicted molar refractivity (Wildman–Crippen MR) is 86.0 cm³/mol. The average Bonchev–Trinajstić information content (AvgIpc) is 2.97. The lowest BCUT2D eigenvalue weighted by Crippen LogP contribution is -2.50. The summed E-state index contributed by atoms with van der Waals surface area (Å²) in [7, 11) is 0. The van der Waals surface area contributed by atoms with Crippen LogP contribution in [-0.4, -0.2) is 33.6 Å². The highest BCUT2D eigenvalue weighted by molar-refractivity contribution is 5.08. The Morgan fingerprint density at radius 3 is 2.90 bits per heavy atom.